The summed E-state index contributed by atoms with van der Waals surface area (Å²) in [5.74, 6) is 1.17. The topological polar surface area (TPSA) is 35.5 Å². The van der Waals surface area contributed by atoms with Crippen molar-refractivity contribution in [3.63, 3.8) is 0 Å². The van der Waals surface area contributed by atoms with Crippen LogP contribution in [0.5, 0.6) is 11.5 Å². The highest BCUT2D eigenvalue weighted by atomic mass is 31.1. The number of rotatable bonds is 20. The molecule has 188 valence electrons. The number of benzene rings is 2. The molecule has 0 radical (unpaired) electrons. The summed E-state index contributed by atoms with van der Waals surface area (Å²) < 4.78 is 23.3. The van der Waals surface area contributed by atoms with Crippen molar-refractivity contribution in [2.24, 2.45) is 0 Å². The van der Waals surface area contributed by atoms with Crippen molar-refractivity contribution in [3.05, 3.63) is 59.7 Å². The van der Waals surface area contributed by atoms with Crippen molar-refractivity contribution in [3.8, 4) is 11.5 Å². The lowest BCUT2D eigenvalue weighted by molar-refractivity contribution is 0.415. The molecule has 4 heteroatoms. The molecular weight excluding hydrogens is 439 g/mol. The zero-order valence-corrected chi connectivity index (χ0v) is 22.5. The number of unbranched alkanes of at least 4 members (excludes halogenated alkanes) is 12. The van der Waals surface area contributed by atoms with E-state index in [9.17, 15) is 4.57 Å². The number of hydrogen-bond donors (Lipinski definition) is 0. The summed E-state index contributed by atoms with van der Waals surface area (Å²) in [7, 11) is -2.24. The van der Waals surface area contributed by atoms with Crippen LogP contribution in [0.2, 0.25) is 0 Å². The normalized spacial score (nSPS) is 10.9. The van der Waals surface area contributed by atoms with Crippen molar-refractivity contribution in [2.75, 3.05) is 0 Å². The molecule has 0 bridgehead atoms. The van der Waals surface area contributed by atoms with Crippen LogP contribution >= 0.6 is 8.25 Å². The third-order valence-electron chi connectivity index (χ3n) is 6.34. The highest BCUT2D eigenvalue weighted by Crippen LogP contribution is 2.31. The van der Waals surface area contributed by atoms with E-state index in [1.807, 2.05) is 24.3 Å². The SMILES string of the molecule is CCCCCCCCCc1ccc(O[P+](=O)Oc2ccc(CCCCCCCCC)cc2)cc1. The molecule has 0 saturated carbocycles. The highest BCUT2D eigenvalue weighted by Gasteiger charge is 2.24. The second kappa shape index (κ2) is 18.5. The fourth-order valence-electron chi connectivity index (χ4n) is 4.20. The molecule has 0 aliphatic carbocycles. The lowest BCUT2D eigenvalue weighted by atomic mass is 10.0. The first-order valence-corrected chi connectivity index (χ1v) is 14.8. The van der Waals surface area contributed by atoms with E-state index in [1.165, 1.54) is 101 Å². The van der Waals surface area contributed by atoms with Crippen molar-refractivity contribution in [1.82, 2.24) is 0 Å². The van der Waals surface area contributed by atoms with E-state index in [1.54, 1.807) is 0 Å². The summed E-state index contributed by atoms with van der Waals surface area (Å²) in [6, 6.07) is 15.8. The third kappa shape index (κ3) is 13.1. The maximum absolute atomic E-state index is 12.3. The van der Waals surface area contributed by atoms with Crippen LogP contribution in [-0.2, 0) is 17.4 Å². The Morgan fingerprint density at radius 1 is 0.500 bits per heavy atom. The van der Waals surface area contributed by atoms with Gasteiger partial charge >= 0.3 is 8.25 Å². The standard InChI is InChI=1S/C30H46O3P/c1-3-5-7-9-11-13-15-17-27-19-23-29(24-20-27)32-34(31)33-30-25-21-28(22-26-30)18-16-14-12-10-8-6-4-2/h19-26H,3-18H2,1-2H3/q+1. The molecule has 0 atom stereocenters. The van der Waals surface area contributed by atoms with Gasteiger partial charge in [0.05, 0.1) is 0 Å². The summed E-state index contributed by atoms with van der Waals surface area (Å²) in [4.78, 5) is 0. The highest BCUT2D eigenvalue weighted by molar-refractivity contribution is 7.34. The molecule has 0 aliphatic rings. The van der Waals surface area contributed by atoms with Crippen LogP contribution in [0.4, 0.5) is 0 Å². The zero-order valence-electron chi connectivity index (χ0n) is 21.6. The maximum Gasteiger partial charge on any atom is 0.805 e. The Balaban J connectivity index is 1.61. The van der Waals surface area contributed by atoms with Crippen LogP contribution in [0.15, 0.2) is 48.5 Å². The summed E-state index contributed by atoms with van der Waals surface area (Å²) in [5.41, 5.74) is 2.60. The first-order chi connectivity index (χ1) is 16.7. The Bertz CT molecular complexity index is 705. The molecule has 0 aliphatic heterocycles. The minimum Gasteiger partial charge on any atom is -0.222 e. The van der Waals surface area contributed by atoms with Crippen LogP contribution < -0.4 is 9.05 Å². The summed E-state index contributed by atoms with van der Waals surface area (Å²) in [5, 5.41) is 0. The number of aryl methyl sites for hydroxylation is 2. The Morgan fingerprint density at radius 2 is 0.824 bits per heavy atom. The van der Waals surface area contributed by atoms with Gasteiger partial charge in [0.15, 0.2) is 11.5 Å². The maximum atomic E-state index is 12.3. The van der Waals surface area contributed by atoms with E-state index >= 15 is 0 Å². The van der Waals surface area contributed by atoms with Gasteiger partial charge in [-0.15, -0.1) is 0 Å². The van der Waals surface area contributed by atoms with E-state index < -0.39 is 8.25 Å². The molecule has 0 fully saturated rings. The van der Waals surface area contributed by atoms with E-state index in [4.69, 9.17) is 9.05 Å². The Morgan fingerprint density at radius 3 is 1.18 bits per heavy atom. The molecule has 0 aromatic heterocycles. The summed E-state index contributed by atoms with van der Waals surface area (Å²) in [6.07, 6.45) is 20.6. The van der Waals surface area contributed by atoms with Gasteiger partial charge in [0.25, 0.3) is 0 Å². The van der Waals surface area contributed by atoms with Gasteiger partial charge in [0.1, 0.15) is 0 Å². The quantitative estimate of drug-likeness (QED) is 0.138. The Labute approximate surface area is 209 Å². The van der Waals surface area contributed by atoms with Gasteiger partial charge in [-0.1, -0.05) is 115 Å². The van der Waals surface area contributed by atoms with Gasteiger partial charge in [-0.3, -0.25) is 0 Å². The largest absolute Gasteiger partial charge is 0.805 e. The van der Waals surface area contributed by atoms with Gasteiger partial charge in [-0.25, -0.2) is 9.05 Å². The van der Waals surface area contributed by atoms with Gasteiger partial charge < -0.3 is 0 Å². The lowest BCUT2D eigenvalue weighted by Gasteiger charge is -2.03. The van der Waals surface area contributed by atoms with Crippen LogP contribution in [-0.4, -0.2) is 0 Å². The van der Waals surface area contributed by atoms with E-state index in [-0.39, 0.29) is 0 Å². The molecule has 34 heavy (non-hydrogen) atoms. The van der Waals surface area contributed by atoms with Crippen LogP contribution in [0.3, 0.4) is 0 Å². The monoisotopic (exact) mass is 485 g/mol. The predicted octanol–water partition coefficient (Wildman–Crippen LogP) is 10.4. The van der Waals surface area contributed by atoms with Crippen LogP contribution in [0.25, 0.3) is 0 Å². The molecule has 0 amide bonds. The van der Waals surface area contributed by atoms with Crippen molar-refractivity contribution >= 4 is 8.25 Å². The molecule has 0 spiro atoms. The second-order valence-electron chi connectivity index (χ2n) is 9.44. The molecule has 2 aromatic carbocycles. The molecule has 2 aromatic rings. The van der Waals surface area contributed by atoms with Crippen LogP contribution in [0, 0.1) is 0 Å². The van der Waals surface area contributed by atoms with E-state index in [2.05, 4.69) is 38.1 Å². The second-order valence-corrected chi connectivity index (χ2v) is 10.2. The zero-order chi connectivity index (χ0) is 24.3. The summed E-state index contributed by atoms with van der Waals surface area (Å²) in [6.45, 7) is 4.51. The number of hydrogen-bond acceptors (Lipinski definition) is 3. The van der Waals surface area contributed by atoms with E-state index in [0.29, 0.717) is 11.5 Å². The average Bonchev–Trinajstić information content (AvgIpc) is 2.85. The van der Waals surface area contributed by atoms with Crippen molar-refractivity contribution in [2.45, 2.75) is 117 Å². The Kier molecular flexibility index (Phi) is 15.4. The van der Waals surface area contributed by atoms with E-state index in [0.717, 1.165) is 12.8 Å². The van der Waals surface area contributed by atoms with Gasteiger partial charge in [0, 0.05) is 4.57 Å². The molecule has 0 N–H and O–H groups in total. The molecule has 0 unspecified atom stereocenters. The van der Waals surface area contributed by atoms with Crippen molar-refractivity contribution < 1.29 is 13.6 Å². The van der Waals surface area contributed by atoms with Gasteiger partial charge in [-0.2, -0.15) is 0 Å². The molecule has 3 nitrogen and oxygen atoms in total. The predicted molar refractivity (Wildman–Crippen MR) is 145 cm³/mol. The first kappa shape index (κ1) is 28.4. The van der Waals surface area contributed by atoms with Gasteiger partial charge in [-0.05, 0) is 61.1 Å². The van der Waals surface area contributed by atoms with Gasteiger partial charge in [0.2, 0.25) is 0 Å². The van der Waals surface area contributed by atoms with Crippen molar-refractivity contribution in [1.29, 1.82) is 0 Å². The third-order valence-corrected chi connectivity index (χ3v) is 7.06. The molecule has 0 saturated heterocycles. The summed E-state index contributed by atoms with van der Waals surface area (Å²) >= 11 is 0. The molecule has 0 heterocycles. The molecule has 2 rings (SSSR count). The minimum atomic E-state index is -2.24. The Hall–Kier alpha value is -1.86. The average molecular weight is 486 g/mol. The fraction of sp³-hybridized carbons (Fsp3) is 0.600. The fourth-order valence-corrected chi connectivity index (χ4v) is 4.82. The first-order valence-electron chi connectivity index (χ1n) is 13.7. The van der Waals surface area contributed by atoms with Crippen LogP contribution in [0.1, 0.15) is 115 Å². The molecular formula is C30H46O3P+. The lowest BCUT2D eigenvalue weighted by Crippen LogP contribution is -1.91. The smallest absolute Gasteiger partial charge is 0.222 e. The minimum absolute atomic E-state index is 0.583.